The predicted octanol–water partition coefficient (Wildman–Crippen LogP) is 1.67. The van der Waals surface area contributed by atoms with E-state index in [1.54, 1.807) is 0 Å². The fourth-order valence-corrected chi connectivity index (χ4v) is 4.61. The van der Waals surface area contributed by atoms with Crippen molar-refractivity contribution in [3.8, 4) is 5.75 Å². The lowest BCUT2D eigenvalue weighted by atomic mass is 9.95. The molecule has 3 rings (SSSR count). The Balaban J connectivity index is 1.87. The van der Waals surface area contributed by atoms with E-state index in [0.29, 0.717) is 5.75 Å². The molecule has 7 nitrogen and oxygen atoms in total. The first kappa shape index (κ1) is 21.5. The third-order valence-corrected chi connectivity index (χ3v) is 6.33. The van der Waals surface area contributed by atoms with Gasteiger partial charge in [0.15, 0.2) is 0 Å². The molecule has 0 bridgehead atoms. The molecule has 158 valence electrons. The van der Waals surface area contributed by atoms with Crippen LogP contribution < -0.4 is 9.46 Å². The molecular formula is C18H19F3N2O5S. The minimum atomic E-state index is -4.61. The van der Waals surface area contributed by atoms with Crippen LogP contribution in [-0.2, 0) is 16.2 Å². The number of aromatic nitrogens is 1. The van der Waals surface area contributed by atoms with Crippen LogP contribution in [-0.4, -0.2) is 49.0 Å². The second-order valence-corrected chi connectivity index (χ2v) is 8.41. The number of aliphatic hydroxyl groups is 2. The van der Waals surface area contributed by atoms with Gasteiger partial charge in [0.2, 0.25) is 10.0 Å². The predicted molar refractivity (Wildman–Crippen MR) is 95.7 cm³/mol. The van der Waals surface area contributed by atoms with Gasteiger partial charge in [0.1, 0.15) is 11.4 Å². The van der Waals surface area contributed by atoms with Crippen LogP contribution in [0.2, 0.25) is 0 Å². The van der Waals surface area contributed by atoms with Crippen LogP contribution in [0.5, 0.6) is 5.75 Å². The Morgan fingerprint density at radius 2 is 1.79 bits per heavy atom. The van der Waals surface area contributed by atoms with Gasteiger partial charge in [0.05, 0.1) is 30.3 Å². The van der Waals surface area contributed by atoms with Crippen molar-refractivity contribution in [3.05, 3.63) is 53.9 Å². The van der Waals surface area contributed by atoms with E-state index in [4.69, 9.17) is 4.74 Å². The van der Waals surface area contributed by atoms with Crippen LogP contribution in [0.4, 0.5) is 13.2 Å². The Morgan fingerprint density at radius 3 is 2.31 bits per heavy atom. The standard InChI is InChI=1S/C18H19F3N2O5S/c1-28-11-3-5-12(6-4-11)29(26,27)23-16-13(8-14(24)17(16)25)10-2-7-15(22-9-10)18(19,20)21/h2-7,9,13-14,16-17,23-25H,8H2,1H3. The highest BCUT2D eigenvalue weighted by atomic mass is 32.2. The van der Waals surface area contributed by atoms with Crippen molar-refractivity contribution in [1.82, 2.24) is 9.71 Å². The van der Waals surface area contributed by atoms with Gasteiger partial charge in [0, 0.05) is 12.1 Å². The monoisotopic (exact) mass is 432 g/mol. The zero-order chi connectivity index (χ0) is 21.4. The Labute approximate surface area is 165 Å². The lowest BCUT2D eigenvalue weighted by Crippen LogP contribution is -2.45. The number of nitrogens with zero attached hydrogens (tertiary/aromatic N) is 1. The number of hydrogen-bond acceptors (Lipinski definition) is 6. The van der Waals surface area contributed by atoms with Crippen molar-refractivity contribution in [2.45, 2.75) is 41.7 Å². The van der Waals surface area contributed by atoms with Crippen LogP contribution in [0.1, 0.15) is 23.6 Å². The summed E-state index contributed by atoms with van der Waals surface area (Å²) in [4.78, 5) is 3.29. The quantitative estimate of drug-likeness (QED) is 0.663. The molecule has 4 unspecified atom stereocenters. The summed E-state index contributed by atoms with van der Waals surface area (Å²) in [5.74, 6) is -0.309. The van der Waals surface area contributed by atoms with Gasteiger partial charge in [-0.25, -0.2) is 13.1 Å². The molecule has 11 heteroatoms. The lowest BCUT2D eigenvalue weighted by molar-refractivity contribution is -0.141. The van der Waals surface area contributed by atoms with Crippen LogP contribution in [0.25, 0.3) is 0 Å². The third kappa shape index (κ3) is 4.53. The van der Waals surface area contributed by atoms with Gasteiger partial charge in [-0.3, -0.25) is 4.98 Å². The lowest BCUT2D eigenvalue weighted by Gasteiger charge is -2.23. The summed E-state index contributed by atoms with van der Waals surface area (Å²) in [7, 11) is -2.64. The second-order valence-electron chi connectivity index (χ2n) is 6.70. The summed E-state index contributed by atoms with van der Waals surface area (Å²) in [6.45, 7) is 0. The molecule has 0 spiro atoms. The Hall–Kier alpha value is -2.21. The maximum Gasteiger partial charge on any atom is 0.433 e. The molecule has 1 heterocycles. The Morgan fingerprint density at radius 1 is 1.14 bits per heavy atom. The highest BCUT2D eigenvalue weighted by molar-refractivity contribution is 7.89. The molecule has 1 aromatic heterocycles. The van der Waals surface area contributed by atoms with E-state index in [0.717, 1.165) is 12.3 Å². The molecule has 2 aromatic rings. The van der Waals surface area contributed by atoms with Gasteiger partial charge in [-0.05, 0) is 42.3 Å². The van der Waals surface area contributed by atoms with E-state index in [2.05, 4.69) is 9.71 Å². The van der Waals surface area contributed by atoms with Gasteiger partial charge >= 0.3 is 6.18 Å². The summed E-state index contributed by atoms with van der Waals surface area (Å²) in [5, 5.41) is 20.3. The van der Waals surface area contributed by atoms with Gasteiger partial charge in [-0.2, -0.15) is 13.2 Å². The number of aliphatic hydroxyl groups excluding tert-OH is 2. The number of nitrogens with one attached hydrogen (secondary N) is 1. The van der Waals surface area contributed by atoms with E-state index in [-0.39, 0.29) is 16.9 Å². The third-order valence-electron chi connectivity index (χ3n) is 4.86. The maximum absolute atomic E-state index is 12.7. The number of hydrogen-bond donors (Lipinski definition) is 3. The number of pyridine rings is 1. The first-order valence-corrected chi connectivity index (χ1v) is 10.1. The molecule has 0 amide bonds. The minimum Gasteiger partial charge on any atom is -0.497 e. The molecule has 1 fully saturated rings. The molecule has 1 saturated carbocycles. The molecule has 3 N–H and O–H groups in total. The van der Waals surface area contributed by atoms with Gasteiger partial charge in [0.25, 0.3) is 0 Å². The van der Waals surface area contributed by atoms with E-state index in [9.17, 15) is 31.8 Å². The summed E-state index contributed by atoms with van der Waals surface area (Å²) >= 11 is 0. The van der Waals surface area contributed by atoms with Gasteiger partial charge < -0.3 is 14.9 Å². The van der Waals surface area contributed by atoms with Crippen molar-refractivity contribution in [2.24, 2.45) is 0 Å². The Bertz CT molecular complexity index is 949. The number of methoxy groups -OCH3 is 1. The number of benzene rings is 1. The number of rotatable bonds is 5. The van der Waals surface area contributed by atoms with Crippen molar-refractivity contribution < 1.29 is 36.5 Å². The fourth-order valence-electron chi connectivity index (χ4n) is 3.31. The molecule has 0 radical (unpaired) electrons. The van der Waals surface area contributed by atoms with Crippen molar-refractivity contribution in [2.75, 3.05) is 7.11 Å². The van der Waals surface area contributed by atoms with Crippen LogP contribution in [0.3, 0.4) is 0 Å². The molecule has 0 saturated heterocycles. The number of halogens is 3. The normalized spacial score (nSPS) is 25.2. The topological polar surface area (TPSA) is 109 Å². The van der Waals surface area contributed by atoms with Gasteiger partial charge in [-0.15, -0.1) is 0 Å². The van der Waals surface area contributed by atoms with Crippen LogP contribution in [0.15, 0.2) is 47.5 Å². The van der Waals surface area contributed by atoms with E-state index < -0.39 is 46.1 Å². The molecule has 1 aromatic carbocycles. The highest BCUT2D eigenvalue weighted by Gasteiger charge is 2.45. The second kappa shape index (κ2) is 7.90. The molecular weight excluding hydrogens is 413 g/mol. The average Bonchev–Trinajstić information content (AvgIpc) is 2.95. The smallest absolute Gasteiger partial charge is 0.433 e. The molecule has 4 atom stereocenters. The SMILES string of the molecule is COc1ccc(S(=O)(=O)NC2C(c3ccc(C(F)(F)F)nc3)CC(O)C2O)cc1. The van der Waals surface area contributed by atoms with Gasteiger partial charge in [-0.1, -0.05) is 6.07 Å². The first-order chi connectivity index (χ1) is 13.5. The Kier molecular flexibility index (Phi) is 5.86. The molecule has 1 aliphatic carbocycles. The van der Waals surface area contributed by atoms with Crippen LogP contribution in [0, 0.1) is 0 Å². The summed E-state index contributed by atoms with van der Waals surface area (Å²) in [6, 6.07) is 6.33. The molecule has 29 heavy (non-hydrogen) atoms. The number of ether oxygens (including phenoxy) is 1. The average molecular weight is 432 g/mol. The van der Waals surface area contributed by atoms with Crippen molar-refractivity contribution in [3.63, 3.8) is 0 Å². The first-order valence-electron chi connectivity index (χ1n) is 8.58. The summed E-state index contributed by atoms with van der Waals surface area (Å²) < 4.78 is 70.9. The van der Waals surface area contributed by atoms with Crippen LogP contribution >= 0.6 is 0 Å². The van der Waals surface area contributed by atoms with E-state index in [1.807, 2.05) is 0 Å². The molecule has 0 aliphatic heterocycles. The highest BCUT2D eigenvalue weighted by Crippen LogP contribution is 2.37. The summed E-state index contributed by atoms with van der Waals surface area (Å²) in [5.41, 5.74) is -0.813. The zero-order valence-corrected chi connectivity index (χ0v) is 16.0. The number of alkyl halides is 3. The fraction of sp³-hybridized carbons (Fsp3) is 0.389. The number of sulfonamides is 1. The van der Waals surface area contributed by atoms with E-state index in [1.165, 1.54) is 37.4 Å². The molecule has 1 aliphatic rings. The maximum atomic E-state index is 12.7. The minimum absolute atomic E-state index is 0.0377. The summed E-state index contributed by atoms with van der Waals surface area (Å²) in [6.07, 6.45) is -6.35. The van der Waals surface area contributed by atoms with Crippen molar-refractivity contribution >= 4 is 10.0 Å². The zero-order valence-electron chi connectivity index (χ0n) is 15.2. The van der Waals surface area contributed by atoms with E-state index >= 15 is 0 Å². The largest absolute Gasteiger partial charge is 0.497 e. The van der Waals surface area contributed by atoms with Crippen molar-refractivity contribution in [1.29, 1.82) is 0 Å².